The molecule has 2 rings (SSSR count). The Kier molecular flexibility index (Phi) is 4.04. The smallest absolute Gasteiger partial charge is 0.111 e. The summed E-state index contributed by atoms with van der Waals surface area (Å²) in [5.74, 6) is 0.930. The molecule has 1 aromatic heterocycles. The molecule has 0 aliphatic carbocycles. The molecule has 0 amide bonds. The third kappa shape index (κ3) is 2.74. The summed E-state index contributed by atoms with van der Waals surface area (Å²) in [6.45, 7) is 2.14. The SMILES string of the molecule is Cc1nc(CCO)n(C)c1Cc1ccc(Cl)cc1. The van der Waals surface area contributed by atoms with E-state index in [1.807, 2.05) is 38.2 Å². The summed E-state index contributed by atoms with van der Waals surface area (Å²) in [5, 5.41) is 9.75. The molecule has 1 N–H and O–H groups in total. The minimum Gasteiger partial charge on any atom is -0.396 e. The number of aromatic nitrogens is 2. The lowest BCUT2D eigenvalue weighted by atomic mass is 10.1. The first-order valence-corrected chi connectivity index (χ1v) is 6.36. The Morgan fingerprint density at radius 2 is 1.94 bits per heavy atom. The highest BCUT2D eigenvalue weighted by atomic mass is 35.5. The monoisotopic (exact) mass is 264 g/mol. The molecule has 2 aromatic rings. The summed E-state index contributed by atoms with van der Waals surface area (Å²) in [7, 11) is 2.00. The summed E-state index contributed by atoms with van der Waals surface area (Å²) in [6, 6.07) is 7.86. The van der Waals surface area contributed by atoms with Gasteiger partial charge in [-0.25, -0.2) is 4.98 Å². The average Bonchev–Trinajstić information content (AvgIpc) is 2.60. The minimum absolute atomic E-state index is 0.130. The van der Waals surface area contributed by atoms with Crippen molar-refractivity contribution in [2.75, 3.05) is 6.61 Å². The zero-order chi connectivity index (χ0) is 13.1. The van der Waals surface area contributed by atoms with Crippen LogP contribution in [0.15, 0.2) is 24.3 Å². The van der Waals surface area contributed by atoms with Gasteiger partial charge in [0.2, 0.25) is 0 Å². The van der Waals surface area contributed by atoms with E-state index in [9.17, 15) is 0 Å². The number of aryl methyl sites for hydroxylation is 1. The second-order valence-electron chi connectivity index (χ2n) is 4.40. The lowest BCUT2D eigenvalue weighted by Crippen LogP contribution is -2.04. The van der Waals surface area contributed by atoms with Gasteiger partial charge in [0, 0.05) is 30.6 Å². The third-order valence-electron chi connectivity index (χ3n) is 3.13. The first-order chi connectivity index (χ1) is 8.61. The summed E-state index contributed by atoms with van der Waals surface area (Å²) >= 11 is 5.88. The van der Waals surface area contributed by atoms with Crippen LogP contribution in [-0.2, 0) is 19.9 Å². The van der Waals surface area contributed by atoms with E-state index in [4.69, 9.17) is 16.7 Å². The maximum absolute atomic E-state index is 9.00. The van der Waals surface area contributed by atoms with Crippen LogP contribution in [-0.4, -0.2) is 21.3 Å². The lowest BCUT2D eigenvalue weighted by molar-refractivity contribution is 0.295. The quantitative estimate of drug-likeness (QED) is 0.922. The van der Waals surface area contributed by atoms with Crippen molar-refractivity contribution in [3.05, 3.63) is 52.1 Å². The molecular formula is C14H17ClN2O. The van der Waals surface area contributed by atoms with Gasteiger partial charge in [-0.05, 0) is 24.6 Å². The summed E-state index contributed by atoms with van der Waals surface area (Å²) in [6.07, 6.45) is 1.43. The highest BCUT2D eigenvalue weighted by molar-refractivity contribution is 6.30. The fourth-order valence-corrected chi connectivity index (χ4v) is 2.22. The number of aliphatic hydroxyl groups excluding tert-OH is 1. The normalized spacial score (nSPS) is 10.9. The second-order valence-corrected chi connectivity index (χ2v) is 4.83. The number of aliphatic hydroxyl groups is 1. The topological polar surface area (TPSA) is 38.1 Å². The van der Waals surface area contributed by atoms with E-state index in [2.05, 4.69) is 9.55 Å². The third-order valence-corrected chi connectivity index (χ3v) is 3.38. The standard InChI is InChI=1S/C14H17ClN2O/c1-10-13(17(2)14(16-10)7-8-18)9-11-3-5-12(15)6-4-11/h3-6,18H,7-9H2,1-2H3. The van der Waals surface area contributed by atoms with Gasteiger partial charge in [-0.1, -0.05) is 23.7 Å². The van der Waals surface area contributed by atoms with E-state index in [0.29, 0.717) is 6.42 Å². The van der Waals surface area contributed by atoms with Crippen LogP contribution >= 0.6 is 11.6 Å². The zero-order valence-corrected chi connectivity index (χ0v) is 11.4. The van der Waals surface area contributed by atoms with Crippen molar-refractivity contribution < 1.29 is 5.11 Å². The maximum atomic E-state index is 9.00. The highest BCUT2D eigenvalue weighted by Crippen LogP contribution is 2.17. The molecule has 0 atom stereocenters. The fourth-order valence-electron chi connectivity index (χ4n) is 2.10. The van der Waals surface area contributed by atoms with E-state index < -0.39 is 0 Å². The molecule has 0 aliphatic heterocycles. The molecule has 0 saturated carbocycles. The fraction of sp³-hybridized carbons (Fsp3) is 0.357. The van der Waals surface area contributed by atoms with Crippen LogP contribution in [0.4, 0.5) is 0 Å². The summed E-state index contributed by atoms with van der Waals surface area (Å²) in [4.78, 5) is 4.49. The number of hydrogen-bond acceptors (Lipinski definition) is 2. The van der Waals surface area contributed by atoms with Gasteiger partial charge in [0.25, 0.3) is 0 Å². The van der Waals surface area contributed by atoms with Crippen molar-refractivity contribution in [2.24, 2.45) is 7.05 Å². The Hall–Kier alpha value is -1.32. The van der Waals surface area contributed by atoms with Crippen molar-refractivity contribution in [3.63, 3.8) is 0 Å². The largest absolute Gasteiger partial charge is 0.396 e. The Morgan fingerprint density at radius 1 is 1.28 bits per heavy atom. The van der Waals surface area contributed by atoms with E-state index in [1.54, 1.807) is 0 Å². The van der Waals surface area contributed by atoms with Crippen LogP contribution in [0, 0.1) is 6.92 Å². The number of halogens is 1. The molecule has 1 heterocycles. The average molecular weight is 265 g/mol. The van der Waals surface area contributed by atoms with Gasteiger partial charge in [-0.2, -0.15) is 0 Å². The van der Waals surface area contributed by atoms with Crippen LogP contribution in [0.1, 0.15) is 22.8 Å². The van der Waals surface area contributed by atoms with Crippen LogP contribution < -0.4 is 0 Å². The first kappa shape index (κ1) is 13.1. The van der Waals surface area contributed by atoms with Crippen molar-refractivity contribution in [3.8, 4) is 0 Å². The van der Waals surface area contributed by atoms with Crippen molar-refractivity contribution in [2.45, 2.75) is 19.8 Å². The van der Waals surface area contributed by atoms with Crippen LogP contribution in [0.2, 0.25) is 5.02 Å². The van der Waals surface area contributed by atoms with Gasteiger partial charge < -0.3 is 9.67 Å². The number of rotatable bonds is 4. The predicted molar refractivity (Wildman–Crippen MR) is 73.0 cm³/mol. The molecule has 0 unspecified atom stereocenters. The Labute approximate surface area is 112 Å². The molecule has 0 fully saturated rings. The molecule has 0 aliphatic rings. The van der Waals surface area contributed by atoms with Crippen molar-refractivity contribution in [1.29, 1.82) is 0 Å². The predicted octanol–water partition coefficient (Wildman–Crippen LogP) is 2.51. The molecule has 0 saturated heterocycles. The molecule has 0 spiro atoms. The number of hydrogen-bond donors (Lipinski definition) is 1. The summed E-state index contributed by atoms with van der Waals surface area (Å²) in [5.41, 5.74) is 3.41. The highest BCUT2D eigenvalue weighted by Gasteiger charge is 2.11. The number of imidazole rings is 1. The molecule has 4 heteroatoms. The molecule has 96 valence electrons. The minimum atomic E-state index is 0.130. The van der Waals surface area contributed by atoms with E-state index in [1.165, 1.54) is 11.3 Å². The number of nitrogens with zero attached hydrogens (tertiary/aromatic N) is 2. The van der Waals surface area contributed by atoms with Gasteiger partial charge >= 0.3 is 0 Å². The number of benzene rings is 1. The second kappa shape index (κ2) is 5.55. The van der Waals surface area contributed by atoms with Gasteiger partial charge in [0.05, 0.1) is 12.3 Å². The van der Waals surface area contributed by atoms with Crippen molar-refractivity contribution >= 4 is 11.6 Å². The van der Waals surface area contributed by atoms with Crippen LogP contribution in [0.3, 0.4) is 0 Å². The van der Waals surface area contributed by atoms with Gasteiger partial charge in [-0.3, -0.25) is 0 Å². The Morgan fingerprint density at radius 3 is 2.56 bits per heavy atom. The van der Waals surface area contributed by atoms with E-state index in [0.717, 1.165) is 23.0 Å². The van der Waals surface area contributed by atoms with Crippen LogP contribution in [0.5, 0.6) is 0 Å². The molecule has 0 bridgehead atoms. The van der Waals surface area contributed by atoms with E-state index >= 15 is 0 Å². The van der Waals surface area contributed by atoms with Crippen LogP contribution in [0.25, 0.3) is 0 Å². The molecule has 3 nitrogen and oxygen atoms in total. The van der Waals surface area contributed by atoms with E-state index in [-0.39, 0.29) is 6.61 Å². The maximum Gasteiger partial charge on any atom is 0.111 e. The summed E-state index contributed by atoms with van der Waals surface area (Å²) < 4.78 is 2.07. The zero-order valence-electron chi connectivity index (χ0n) is 10.7. The van der Waals surface area contributed by atoms with Gasteiger partial charge in [0.15, 0.2) is 0 Å². The Balaban J connectivity index is 2.26. The van der Waals surface area contributed by atoms with Crippen molar-refractivity contribution in [1.82, 2.24) is 9.55 Å². The van der Waals surface area contributed by atoms with Gasteiger partial charge in [-0.15, -0.1) is 0 Å². The lowest BCUT2D eigenvalue weighted by Gasteiger charge is -2.06. The molecule has 0 radical (unpaired) electrons. The first-order valence-electron chi connectivity index (χ1n) is 5.98. The molecule has 1 aromatic carbocycles. The Bertz CT molecular complexity index is 531. The van der Waals surface area contributed by atoms with Gasteiger partial charge in [0.1, 0.15) is 5.82 Å². The molecular weight excluding hydrogens is 248 g/mol. The molecule has 18 heavy (non-hydrogen) atoms.